The number of hydrogen-bond donors (Lipinski definition) is 2. The molecule has 1 aromatic carbocycles. The molecular formula is C25H29FN4O2. The molecule has 0 aliphatic heterocycles. The molecule has 1 aromatic heterocycles. The Bertz CT molecular complexity index is 1080. The summed E-state index contributed by atoms with van der Waals surface area (Å²) in [7, 11) is 4.07. The number of aromatic nitrogens is 1. The molecule has 1 saturated carbocycles. The number of benzene rings is 1. The Morgan fingerprint density at radius 3 is 2.62 bits per heavy atom. The van der Waals surface area contributed by atoms with E-state index in [0.717, 1.165) is 48.1 Å². The number of para-hydroxylation sites is 1. The van der Waals surface area contributed by atoms with E-state index in [1.807, 2.05) is 32.3 Å². The van der Waals surface area contributed by atoms with Crippen LogP contribution in [-0.2, 0) is 9.59 Å². The molecule has 0 bridgehead atoms. The summed E-state index contributed by atoms with van der Waals surface area (Å²) >= 11 is 0. The molecule has 1 amide bonds. The third-order valence-corrected chi connectivity index (χ3v) is 6.23. The van der Waals surface area contributed by atoms with Crippen molar-refractivity contribution in [3.05, 3.63) is 53.9 Å². The largest absolute Gasteiger partial charge is 0.377 e. The van der Waals surface area contributed by atoms with Crippen molar-refractivity contribution in [2.45, 2.75) is 38.1 Å². The smallest absolute Gasteiger partial charge is 0.254 e. The van der Waals surface area contributed by atoms with Crippen molar-refractivity contribution in [2.24, 2.45) is 5.92 Å². The monoisotopic (exact) mass is 436 g/mol. The van der Waals surface area contributed by atoms with Crippen molar-refractivity contribution >= 4 is 34.1 Å². The molecule has 32 heavy (non-hydrogen) atoms. The van der Waals surface area contributed by atoms with Crippen molar-refractivity contribution in [3.8, 4) is 0 Å². The van der Waals surface area contributed by atoms with E-state index in [4.69, 9.17) is 4.98 Å². The number of amides is 1. The highest BCUT2D eigenvalue weighted by molar-refractivity contribution is 6.20. The summed E-state index contributed by atoms with van der Waals surface area (Å²) in [6.45, 7) is 0.529. The first-order chi connectivity index (χ1) is 15.4. The summed E-state index contributed by atoms with van der Waals surface area (Å²) in [5.41, 5.74) is 2.15. The predicted octanol–water partition coefficient (Wildman–Crippen LogP) is 4.14. The lowest BCUT2D eigenvalue weighted by atomic mass is 9.86. The van der Waals surface area contributed by atoms with Crippen LogP contribution in [0.15, 0.2) is 53.9 Å². The third-order valence-electron chi connectivity index (χ3n) is 6.23. The van der Waals surface area contributed by atoms with Gasteiger partial charge in [-0.25, -0.2) is 9.37 Å². The molecule has 2 aliphatic carbocycles. The number of hydrogen-bond acceptors (Lipinski definition) is 5. The number of nitrogens with zero attached hydrogens (tertiary/aromatic N) is 2. The van der Waals surface area contributed by atoms with Crippen LogP contribution in [0.1, 0.15) is 32.1 Å². The molecule has 7 heteroatoms. The lowest BCUT2D eigenvalue weighted by Gasteiger charge is -2.30. The number of anilines is 2. The average molecular weight is 437 g/mol. The molecule has 2 aliphatic rings. The van der Waals surface area contributed by atoms with Crippen LogP contribution >= 0.6 is 0 Å². The van der Waals surface area contributed by atoms with E-state index in [9.17, 15) is 14.0 Å². The third kappa shape index (κ3) is 4.98. The number of halogens is 1. The molecule has 6 nitrogen and oxygen atoms in total. The Labute approximate surface area is 187 Å². The number of carbonyl (C=O) groups excluding carboxylic acids is 2. The Morgan fingerprint density at radius 2 is 1.91 bits per heavy atom. The van der Waals surface area contributed by atoms with Gasteiger partial charge in [0, 0.05) is 43.8 Å². The van der Waals surface area contributed by atoms with Crippen molar-refractivity contribution < 1.29 is 14.0 Å². The van der Waals surface area contributed by atoms with E-state index in [0.29, 0.717) is 18.5 Å². The summed E-state index contributed by atoms with van der Waals surface area (Å²) in [6.07, 6.45) is 6.07. The van der Waals surface area contributed by atoms with Crippen LogP contribution in [0.25, 0.3) is 10.9 Å². The summed E-state index contributed by atoms with van der Waals surface area (Å²) in [5, 5.41) is 7.58. The van der Waals surface area contributed by atoms with Crippen molar-refractivity contribution in [1.29, 1.82) is 0 Å². The van der Waals surface area contributed by atoms with Crippen LogP contribution in [0.5, 0.6) is 0 Å². The maximum Gasteiger partial charge on any atom is 0.254 e. The first kappa shape index (κ1) is 22.0. The minimum Gasteiger partial charge on any atom is -0.377 e. The zero-order valence-electron chi connectivity index (χ0n) is 18.5. The molecule has 1 fully saturated rings. The van der Waals surface area contributed by atoms with E-state index < -0.39 is 17.5 Å². The SMILES string of the molecule is CN(C)c1cc(NC2CCC(CNC(=O)C3=CC=C(F)CC3=O)CC2)nc2ccccc12. The van der Waals surface area contributed by atoms with E-state index in [2.05, 4.69) is 27.7 Å². The molecular weight excluding hydrogens is 407 g/mol. The molecule has 0 unspecified atom stereocenters. The summed E-state index contributed by atoms with van der Waals surface area (Å²) < 4.78 is 13.1. The minimum atomic E-state index is -0.504. The number of rotatable bonds is 6. The predicted molar refractivity (Wildman–Crippen MR) is 125 cm³/mol. The molecule has 0 atom stereocenters. The van der Waals surface area contributed by atoms with E-state index in [1.165, 1.54) is 12.2 Å². The van der Waals surface area contributed by atoms with Gasteiger partial charge in [-0.3, -0.25) is 9.59 Å². The van der Waals surface area contributed by atoms with Crippen LogP contribution in [0.3, 0.4) is 0 Å². The first-order valence-electron chi connectivity index (χ1n) is 11.1. The fourth-order valence-corrected chi connectivity index (χ4v) is 4.43. The number of nitrogens with one attached hydrogen (secondary N) is 2. The second kappa shape index (κ2) is 9.51. The number of allylic oxidation sites excluding steroid dienone is 3. The van der Waals surface area contributed by atoms with Crippen LogP contribution in [0.4, 0.5) is 15.9 Å². The number of ketones is 1. The molecule has 168 valence electrons. The Balaban J connectivity index is 1.31. The number of carbonyl (C=O) groups is 2. The maximum absolute atomic E-state index is 13.1. The second-order valence-electron chi connectivity index (χ2n) is 8.80. The topological polar surface area (TPSA) is 74.3 Å². The van der Waals surface area contributed by atoms with Gasteiger partial charge in [0.2, 0.25) is 0 Å². The molecule has 4 rings (SSSR count). The van der Waals surface area contributed by atoms with Gasteiger partial charge in [-0.1, -0.05) is 18.2 Å². The van der Waals surface area contributed by atoms with Gasteiger partial charge in [-0.15, -0.1) is 0 Å². The highest BCUT2D eigenvalue weighted by Crippen LogP contribution is 2.30. The molecule has 0 radical (unpaired) electrons. The molecule has 0 saturated heterocycles. The minimum absolute atomic E-state index is 0.0424. The zero-order valence-corrected chi connectivity index (χ0v) is 18.5. The van der Waals surface area contributed by atoms with Crippen molar-refractivity contribution in [3.63, 3.8) is 0 Å². The van der Waals surface area contributed by atoms with E-state index in [-0.39, 0.29) is 12.0 Å². The van der Waals surface area contributed by atoms with Gasteiger partial charge in [0.15, 0.2) is 5.78 Å². The van der Waals surface area contributed by atoms with Crippen LogP contribution in [0, 0.1) is 5.92 Å². The van der Waals surface area contributed by atoms with Gasteiger partial charge < -0.3 is 15.5 Å². The first-order valence-corrected chi connectivity index (χ1v) is 11.1. The summed E-state index contributed by atoms with van der Waals surface area (Å²) in [5.74, 6) is -0.125. The molecule has 1 heterocycles. The Hall–Kier alpha value is -3.22. The maximum atomic E-state index is 13.1. The van der Waals surface area contributed by atoms with Gasteiger partial charge >= 0.3 is 0 Å². The van der Waals surface area contributed by atoms with E-state index >= 15 is 0 Å². The van der Waals surface area contributed by atoms with Gasteiger partial charge in [-0.2, -0.15) is 0 Å². The van der Waals surface area contributed by atoms with Gasteiger partial charge in [0.1, 0.15) is 11.6 Å². The van der Waals surface area contributed by atoms with Crippen molar-refractivity contribution in [2.75, 3.05) is 30.9 Å². The fraction of sp³-hybridized carbons (Fsp3) is 0.400. The van der Waals surface area contributed by atoms with Crippen LogP contribution in [0.2, 0.25) is 0 Å². The van der Waals surface area contributed by atoms with Crippen LogP contribution < -0.4 is 15.5 Å². The lowest BCUT2D eigenvalue weighted by Crippen LogP contribution is -2.36. The lowest BCUT2D eigenvalue weighted by molar-refractivity contribution is -0.122. The van der Waals surface area contributed by atoms with Gasteiger partial charge in [0.25, 0.3) is 5.91 Å². The summed E-state index contributed by atoms with van der Waals surface area (Å²) in [4.78, 5) is 31.0. The molecule has 2 aromatic rings. The highest BCUT2D eigenvalue weighted by Gasteiger charge is 2.25. The standard InChI is InChI=1S/C25H29FN4O2/c1-30(2)22-14-24(29-21-6-4-3-5-19(21)22)28-18-10-7-16(8-11-18)15-27-25(32)20-12-9-17(26)13-23(20)31/h3-6,9,12,14,16,18H,7-8,10-11,13,15H2,1-2H3,(H,27,32)(H,28,29). The second-order valence-corrected chi connectivity index (χ2v) is 8.80. The zero-order chi connectivity index (χ0) is 22.7. The average Bonchev–Trinajstić information content (AvgIpc) is 2.78. The van der Waals surface area contributed by atoms with Crippen molar-refractivity contribution in [1.82, 2.24) is 10.3 Å². The highest BCUT2D eigenvalue weighted by atomic mass is 19.1. The van der Waals surface area contributed by atoms with Crippen LogP contribution in [-0.4, -0.2) is 43.4 Å². The normalized spacial score (nSPS) is 21.0. The number of fused-ring (bicyclic) bond motifs is 1. The fourth-order valence-electron chi connectivity index (χ4n) is 4.43. The quantitative estimate of drug-likeness (QED) is 0.666. The molecule has 2 N–H and O–H groups in total. The van der Waals surface area contributed by atoms with Gasteiger partial charge in [0.05, 0.1) is 17.5 Å². The number of pyridine rings is 1. The Morgan fingerprint density at radius 1 is 1.16 bits per heavy atom. The summed E-state index contributed by atoms with van der Waals surface area (Å²) in [6, 6.07) is 10.6. The number of Topliss-reactive ketones (excluding diaryl/α,β-unsaturated/α-hetero) is 1. The molecule has 0 spiro atoms. The van der Waals surface area contributed by atoms with Gasteiger partial charge in [-0.05, 0) is 49.8 Å². The van der Waals surface area contributed by atoms with E-state index in [1.54, 1.807) is 0 Å². The Kier molecular flexibility index (Phi) is 6.53.